The summed E-state index contributed by atoms with van der Waals surface area (Å²) in [4.78, 5) is 46.0. The number of hydrogen-bond donors (Lipinski definition) is 1. The molecule has 31 heavy (non-hydrogen) atoms. The fourth-order valence-corrected chi connectivity index (χ4v) is 4.09. The van der Waals surface area contributed by atoms with E-state index in [4.69, 9.17) is 4.74 Å². The third kappa shape index (κ3) is 4.68. The lowest BCUT2D eigenvalue weighted by atomic mass is 9.88. The minimum atomic E-state index is -0.225. The number of carbonyl (C=O) groups excluding carboxylic acids is 2. The number of rotatable bonds is 7. The lowest BCUT2D eigenvalue weighted by Gasteiger charge is -2.31. The normalized spacial score (nSPS) is 14.7. The molecule has 0 saturated carbocycles. The number of ketones is 1. The number of ether oxygens (including phenoxy) is 1. The predicted molar refractivity (Wildman–Crippen MR) is 115 cm³/mol. The predicted octanol–water partition coefficient (Wildman–Crippen LogP) is 2.48. The van der Waals surface area contributed by atoms with E-state index in [0.717, 1.165) is 11.4 Å². The van der Waals surface area contributed by atoms with Gasteiger partial charge in [-0.15, -0.1) is 0 Å². The topological polar surface area (TPSA) is 96.8 Å². The zero-order chi connectivity index (χ0) is 21.8. The Hall–Kier alpha value is -3.42. The highest BCUT2D eigenvalue weighted by molar-refractivity contribution is 5.98. The van der Waals surface area contributed by atoms with Crippen molar-refractivity contribution < 1.29 is 14.3 Å². The number of imidazole rings is 1. The largest absolute Gasteiger partial charge is 0.497 e. The molecule has 3 heterocycles. The van der Waals surface area contributed by atoms with E-state index in [-0.39, 0.29) is 23.2 Å². The van der Waals surface area contributed by atoms with Crippen LogP contribution in [0.25, 0.3) is 5.65 Å². The Bertz CT molecular complexity index is 1120. The fourth-order valence-electron chi connectivity index (χ4n) is 4.09. The average molecular weight is 422 g/mol. The maximum absolute atomic E-state index is 12.7. The third-order valence-corrected chi connectivity index (χ3v) is 5.87. The molecule has 1 aliphatic heterocycles. The number of methoxy groups -OCH3 is 1. The smallest absolute Gasteiger partial charge is 0.291 e. The molecule has 0 aliphatic carbocycles. The van der Waals surface area contributed by atoms with Crippen molar-refractivity contribution in [2.24, 2.45) is 5.92 Å². The van der Waals surface area contributed by atoms with Crippen LogP contribution in [0.2, 0.25) is 0 Å². The number of H-pyrrole nitrogens is 1. The van der Waals surface area contributed by atoms with Crippen LogP contribution in [0.4, 0.5) is 0 Å². The summed E-state index contributed by atoms with van der Waals surface area (Å²) >= 11 is 0. The second kappa shape index (κ2) is 9.16. The number of benzene rings is 1. The number of Topliss-reactive ketones (excluding diaryl/α,β-unsaturated/α-hetero) is 1. The molecule has 1 aromatic carbocycles. The van der Waals surface area contributed by atoms with Gasteiger partial charge in [0, 0.05) is 55.3 Å². The van der Waals surface area contributed by atoms with Crippen molar-refractivity contribution in [3.05, 3.63) is 64.5 Å². The number of aromatic nitrogens is 3. The molecule has 2 aromatic heterocycles. The van der Waals surface area contributed by atoms with E-state index >= 15 is 0 Å². The van der Waals surface area contributed by atoms with E-state index in [1.165, 1.54) is 0 Å². The number of likely N-dealkylation sites (tertiary alicyclic amines) is 1. The van der Waals surface area contributed by atoms with E-state index in [9.17, 15) is 14.4 Å². The van der Waals surface area contributed by atoms with Gasteiger partial charge in [-0.25, -0.2) is 4.98 Å². The van der Waals surface area contributed by atoms with Gasteiger partial charge in [-0.3, -0.25) is 14.4 Å². The first-order chi connectivity index (χ1) is 15.0. The summed E-state index contributed by atoms with van der Waals surface area (Å²) in [6.07, 6.45) is 8.20. The van der Waals surface area contributed by atoms with Gasteiger partial charge in [-0.2, -0.15) is 0 Å². The van der Waals surface area contributed by atoms with Crippen LogP contribution in [0, 0.1) is 5.92 Å². The molecule has 1 aliphatic rings. The number of fused-ring (bicyclic) bond motifs is 1. The van der Waals surface area contributed by atoms with Crippen molar-refractivity contribution >= 4 is 17.3 Å². The van der Waals surface area contributed by atoms with Crippen LogP contribution in [-0.4, -0.2) is 51.2 Å². The van der Waals surface area contributed by atoms with Crippen LogP contribution in [0.3, 0.4) is 0 Å². The monoisotopic (exact) mass is 422 g/mol. The van der Waals surface area contributed by atoms with Crippen molar-refractivity contribution in [2.75, 3.05) is 20.2 Å². The Morgan fingerprint density at radius 1 is 1.19 bits per heavy atom. The molecule has 0 unspecified atom stereocenters. The maximum atomic E-state index is 12.7. The number of aromatic amines is 1. The molecule has 4 rings (SSSR count). The Kier molecular flexibility index (Phi) is 6.16. The summed E-state index contributed by atoms with van der Waals surface area (Å²) in [5.74, 6) is 0.908. The van der Waals surface area contributed by atoms with Gasteiger partial charge in [0.05, 0.1) is 7.11 Å². The van der Waals surface area contributed by atoms with Gasteiger partial charge in [0.1, 0.15) is 5.75 Å². The molecular formula is C23H26N4O4. The first-order valence-corrected chi connectivity index (χ1v) is 10.6. The van der Waals surface area contributed by atoms with Gasteiger partial charge < -0.3 is 19.0 Å². The highest BCUT2D eigenvalue weighted by Gasteiger charge is 2.27. The lowest BCUT2D eigenvalue weighted by molar-refractivity contribution is -0.132. The second-order valence-electron chi connectivity index (χ2n) is 7.87. The molecule has 1 amide bonds. The highest BCUT2D eigenvalue weighted by Crippen LogP contribution is 2.23. The molecular weight excluding hydrogens is 396 g/mol. The number of piperidine rings is 1. The zero-order valence-electron chi connectivity index (χ0n) is 17.5. The van der Waals surface area contributed by atoms with Crippen molar-refractivity contribution in [1.82, 2.24) is 19.3 Å². The van der Waals surface area contributed by atoms with Crippen LogP contribution < -0.4 is 10.3 Å². The standard InChI is InChI=1S/C23H26N4O4/c1-31-19-7-5-16(6-8-19)21(29)17-9-12-26(13-10-17)20(28)4-2-3-18-15-27-14-11-24-22(27)23(30)25-18/h5-8,11,14-15,17H,2-4,9-10,12-13H2,1H3,(H,25,30). The summed E-state index contributed by atoms with van der Waals surface area (Å²) in [6.45, 7) is 1.20. The SMILES string of the molecule is COc1ccc(C(=O)C2CCN(C(=O)CCCc3cn4ccnc4c(=O)[nH]3)CC2)cc1. The zero-order valence-corrected chi connectivity index (χ0v) is 17.5. The number of amides is 1. The number of carbonyl (C=O) groups is 2. The quantitative estimate of drug-likeness (QED) is 0.590. The molecule has 1 saturated heterocycles. The Morgan fingerprint density at radius 3 is 2.65 bits per heavy atom. The summed E-state index contributed by atoms with van der Waals surface area (Å²) in [5.41, 5.74) is 1.62. The van der Waals surface area contributed by atoms with Gasteiger partial charge in [0.25, 0.3) is 5.56 Å². The number of nitrogens with one attached hydrogen (secondary N) is 1. The minimum absolute atomic E-state index is 0.0515. The van der Waals surface area contributed by atoms with Crippen LogP contribution in [0.15, 0.2) is 47.7 Å². The van der Waals surface area contributed by atoms with Crippen molar-refractivity contribution in [2.45, 2.75) is 32.1 Å². The molecule has 1 fully saturated rings. The van der Waals surface area contributed by atoms with Gasteiger partial charge in [-0.05, 0) is 49.9 Å². The summed E-state index contributed by atoms with van der Waals surface area (Å²) in [7, 11) is 1.60. The maximum Gasteiger partial charge on any atom is 0.291 e. The second-order valence-corrected chi connectivity index (χ2v) is 7.87. The van der Waals surface area contributed by atoms with E-state index in [1.807, 2.05) is 11.1 Å². The van der Waals surface area contributed by atoms with E-state index in [0.29, 0.717) is 56.4 Å². The van der Waals surface area contributed by atoms with Crippen molar-refractivity contribution in [3.63, 3.8) is 0 Å². The highest BCUT2D eigenvalue weighted by atomic mass is 16.5. The first-order valence-electron chi connectivity index (χ1n) is 10.6. The molecule has 0 spiro atoms. The van der Waals surface area contributed by atoms with Crippen molar-refractivity contribution in [3.8, 4) is 5.75 Å². The van der Waals surface area contributed by atoms with Crippen LogP contribution in [-0.2, 0) is 11.2 Å². The summed E-state index contributed by atoms with van der Waals surface area (Å²) in [6, 6.07) is 7.18. The molecule has 1 N–H and O–H groups in total. The van der Waals surface area contributed by atoms with E-state index in [1.54, 1.807) is 48.2 Å². The molecule has 0 radical (unpaired) electrons. The summed E-state index contributed by atoms with van der Waals surface area (Å²) in [5, 5.41) is 0. The van der Waals surface area contributed by atoms with E-state index in [2.05, 4.69) is 9.97 Å². The van der Waals surface area contributed by atoms with Gasteiger partial charge in [-0.1, -0.05) is 0 Å². The number of aryl methyl sites for hydroxylation is 1. The van der Waals surface area contributed by atoms with Crippen LogP contribution >= 0.6 is 0 Å². The fraction of sp³-hybridized carbons (Fsp3) is 0.391. The molecule has 0 atom stereocenters. The first kappa shape index (κ1) is 20.8. The Morgan fingerprint density at radius 2 is 1.94 bits per heavy atom. The lowest BCUT2D eigenvalue weighted by Crippen LogP contribution is -2.40. The average Bonchev–Trinajstić information content (AvgIpc) is 3.28. The molecule has 0 bridgehead atoms. The summed E-state index contributed by atoms with van der Waals surface area (Å²) < 4.78 is 6.83. The van der Waals surface area contributed by atoms with Gasteiger partial charge in [0.2, 0.25) is 11.6 Å². The van der Waals surface area contributed by atoms with Crippen LogP contribution in [0.5, 0.6) is 5.75 Å². The van der Waals surface area contributed by atoms with Crippen molar-refractivity contribution in [1.29, 1.82) is 0 Å². The third-order valence-electron chi connectivity index (χ3n) is 5.87. The number of nitrogens with zero attached hydrogens (tertiary/aromatic N) is 3. The van der Waals surface area contributed by atoms with Gasteiger partial charge >= 0.3 is 0 Å². The molecule has 3 aromatic rings. The van der Waals surface area contributed by atoms with E-state index < -0.39 is 0 Å². The number of hydrogen-bond acceptors (Lipinski definition) is 5. The van der Waals surface area contributed by atoms with Crippen LogP contribution in [0.1, 0.15) is 41.7 Å². The van der Waals surface area contributed by atoms with Gasteiger partial charge in [0.15, 0.2) is 5.78 Å². The Labute approximate surface area is 179 Å². The molecule has 8 nitrogen and oxygen atoms in total. The molecule has 162 valence electrons. The molecule has 8 heteroatoms. The Balaban J connectivity index is 1.25. The minimum Gasteiger partial charge on any atom is -0.497 e.